The Balaban J connectivity index is 1.63. The van der Waals surface area contributed by atoms with Gasteiger partial charge in [0.25, 0.3) is 5.91 Å². The first-order chi connectivity index (χ1) is 13.9. The molecule has 0 radical (unpaired) electrons. The number of nitrogens with one attached hydrogen (secondary N) is 1. The second-order valence-corrected chi connectivity index (χ2v) is 9.61. The van der Waals surface area contributed by atoms with Crippen molar-refractivity contribution < 1.29 is 9.53 Å². The second kappa shape index (κ2) is 10.7. The summed E-state index contributed by atoms with van der Waals surface area (Å²) < 4.78 is 8.82. The van der Waals surface area contributed by atoms with Gasteiger partial charge in [-0.3, -0.25) is 4.79 Å². The number of rotatable bonds is 6. The summed E-state index contributed by atoms with van der Waals surface area (Å²) in [6.07, 6.45) is 1.62. The van der Waals surface area contributed by atoms with E-state index in [9.17, 15) is 4.79 Å². The van der Waals surface area contributed by atoms with Crippen LogP contribution in [0.3, 0.4) is 0 Å². The monoisotopic (exact) mass is 694 g/mol. The molecular formula is C21H14BrClI2N2O2. The molecule has 3 rings (SSSR count). The van der Waals surface area contributed by atoms with Crippen LogP contribution in [0.4, 0.5) is 0 Å². The molecule has 3 aromatic rings. The topological polar surface area (TPSA) is 50.7 Å². The first-order valence-electron chi connectivity index (χ1n) is 8.37. The maximum Gasteiger partial charge on any atom is 0.271 e. The summed E-state index contributed by atoms with van der Waals surface area (Å²) in [6.45, 7) is 0.458. The van der Waals surface area contributed by atoms with E-state index in [1.807, 2.05) is 48.5 Å². The predicted molar refractivity (Wildman–Crippen MR) is 137 cm³/mol. The van der Waals surface area contributed by atoms with Gasteiger partial charge in [0.15, 0.2) is 0 Å². The van der Waals surface area contributed by atoms with Crippen LogP contribution in [0.25, 0.3) is 0 Å². The van der Waals surface area contributed by atoms with E-state index in [1.54, 1.807) is 18.3 Å². The second-order valence-electron chi connectivity index (χ2n) is 5.93. The zero-order valence-electron chi connectivity index (χ0n) is 14.8. The number of hydrogen-bond acceptors (Lipinski definition) is 3. The lowest BCUT2D eigenvalue weighted by Crippen LogP contribution is -2.17. The molecule has 0 heterocycles. The third-order valence-corrected chi connectivity index (χ3v) is 6.19. The summed E-state index contributed by atoms with van der Waals surface area (Å²) >= 11 is 13.7. The van der Waals surface area contributed by atoms with E-state index in [2.05, 4.69) is 71.6 Å². The Morgan fingerprint density at radius 1 is 1.07 bits per heavy atom. The number of ether oxygens (including phenoxy) is 1. The zero-order valence-corrected chi connectivity index (χ0v) is 21.5. The lowest BCUT2D eigenvalue weighted by molar-refractivity contribution is 0.0955. The summed E-state index contributed by atoms with van der Waals surface area (Å²) in [5.74, 6) is 0.554. The fourth-order valence-corrected chi connectivity index (χ4v) is 4.88. The van der Waals surface area contributed by atoms with E-state index in [4.69, 9.17) is 16.3 Å². The number of hydrazone groups is 1. The van der Waals surface area contributed by atoms with Crippen LogP contribution in [-0.2, 0) is 6.61 Å². The maximum atomic E-state index is 12.1. The van der Waals surface area contributed by atoms with Crippen LogP contribution in [0.5, 0.6) is 5.75 Å². The van der Waals surface area contributed by atoms with Gasteiger partial charge in [-0.1, -0.05) is 39.7 Å². The largest absolute Gasteiger partial charge is 0.487 e. The third-order valence-electron chi connectivity index (χ3n) is 3.80. The summed E-state index contributed by atoms with van der Waals surface area (Å²) in [6, 6.07) is 18.6. The molecule has 0 saturated carbocycles. The molecule has 0 aromatic heterocycles. The average Bonchev–Trinajstić information content (AvgIpc) is 2.69. The molecule has 0 bridgehead atoms. The summed E-state index contributed by atoms with van der Waals surface area (Å²) in [7, 11) is 0. The summed E-state index contributed by atoms with van der Waals surface area (Å²) in [5, 5.41) is 4.76. The number of halogens is 4. The number of amides is 1. The van der Waals surface area contributed by atoms with Gasteiger partial charge in [0.05, 0.1) is 13.4 Å². The molecule has 8 heteroatoms. The van der Waals surface area contributed by atoms with Crippen LogP contribution in [-0.4, -0.2) is 12.1 Å². The highest BCUT2D eigenvalue weighted by Gasteiger charge is 2.09. The van der Waals surface area contributed by atoms with Gasteiger partial charge >= 0.3 is 0 Å². The normalized spacial score (nSPS) is 10.9. The number of benzene rings is 3. The highest BCUT2D eigenvalue weighted by Crippen LogP contribution is 2.29. The smallest absolute Gasteiger partial charge is 0.271 e. The van der Waals surface area contributed by atoms with Crippen LogP contribution in [0.2, 0.25) is 5.02 Å². The molecule has 0 atom stereocenters. The standard InChI is InChI=1S/C21H14BrClI2N2O2/c22-16-5-3-15(4-6-16)21(28)27-26-11-14-9-18(24)20(19(25)10-14)29-12-13-1-7-17(23)8-2-13/h1-11H,12H2,(H,27,28)/b26-11-. The Morgan fingerprint density at radius 2 is 1.69 bits per heavy atom. The van der Waals surface area contributed by atoms with Gasteiger partial charge in [0.1, 0.15) is 12.4 Å². The van der Waals surface area contributed by atoms with Gasteiger partial charge in [-0.05, 0) is 105 Å². The summed E-state index contributed by atoms with van der Waals surface area (Å²) in [5.41, 5.74) is 4.99. The Bertz CT molecular complexity index is 1020. The maximum absolute atomic E-state index is 12.1. The minimum Gasteiger partial charge on any atom is -0.487 e. The van der Waals surface area contributed by atoms with E-state index < -0.39 is 0 Å². The van der Waals surface area contributed by atoms with Crippen molar-refractivity contribution in [3.63, 3.8) is 0 Å². The van der Waals surface area contributed by atoms with E-state index in [0.717, 1.165) is 28.5 Å². The number of carbonyl (C=O) groups is 1. The van der Waals surface area contributed by atoms with Crippen molar-refractivity contribution >= 4 is 84.8 Å². The van der Waals surface area contributed by atoms with Crippen molar-refractivity contribution in [1.82, 2.24) is 5.43 Å². The first-order valence-corrected chi connectivity index (χ1v) is 11.7. The van der Waals surface area contributed by atoms with Crippen molar-refractivity contribution in [1.29, 1.82) is 0 Å². The third kappa shape index (κ3) is 6.66. The quantitative estimate of drug-likeness (QED) is 0.178. The van der Waals surface area contributed by atoms with Crippen molar-refractivity contribution in [2.75, 3.05) is 0 Å². The van der Waals surface area contributed by atoms with E-state index in [-0.39, 0.29) is 5.91 Å². The Kier molecular flexibility index (Phi) is 8.34. The number of hydrogen-bond donors (Lipinski definition) is 1. The highest BCUT2D eigenvalue weighted by molar-refractivity contribution is 14.1. The fourth-order valence-electron chi connectivity index (χ4n) is 2.36. The van der Waals surface area contributed by atoms with Gasteiger partial charge in [0, 0.05) is 15.1 Å². The van der Waals surface area contributed by atoms with Crippen LogP contribution >= 0.6 is 72.7 Å². The molecule has 29 heavy (non-hydrogen) atoms. The van der Waals surface area contributed by atoms with Gasteiger partial charge in [-0.2, -0.15) is 5.10 Å². The number of nitrogens with zero attached hydrogens (tertiary/aromatic N) is 1. The molecule has 1 N–H and O–H groups in total. The fraction of sp³-hybridized carbons (Fsp3) is 0.0476. The molecule has 1 amide bonds. The molecule has 0 aliphatic rings. The average molecular weight is 696 g/mol. The first kappa shape index (κ1) is 22.5. The summed E-state index contributed by atoms with van der Waals surface area (Å²) in [4.78, 5) is 12.1. The lowest BCUT2D eigenvalue weighted by Gasteiger charge is -2.11. The van der Waals surface area contributed by atoms with Crippen LogP contribution in [0.15, 0.2) is 70.2 Å². The van der Waals surface area contributed by atoms with Gasteiger partial charge in [0.2, 0.25) is 0 Å². The molecular weight excluding hydrogens is 681 g/mol. The number of carbonyl (C=O) groups excluding carboxylic acids is 1. The molecule has 0 unspecified atom stereocenters. The zero-order chi connectivity index (χ0) is 20.8. The van der Waals surface area contributed by atoms with Crippen molar-refractivity contribution in [3.8, 4) is 5.75 Å². The van der Waals surface area contributed by atoms with Gasteiger partial charge in [-0.15, -0.1) is 0 Å². The minimum atomic E-state index is -0.263. The molecule has 4 nitrogen and oxygen atoms in total. The Morgan fingerprint density at radius 3 is 2.31 bits per heavy atom. The lowest BCUT2D eigenvalue weighted by atomic mass is 10.2. The van der Waals surface area contributed by atoms with E-state index in [0.29, 0.717) is 17.2 Å². The molecule has 0 aliphatic heterocycles. The van der Waals surface area contributed by atoms with Gasteiger partial charge < -0.3 is 4.74 Å². The highest BCUT2D eigenvalue weighted by atomic mass is 127. The van der Waals surface area contributed by atoms with Gasteiger partial charge in [-0.25, -0.2) is 5.43 Å². The molecule has 0 spiro atoms. The van der Waals surface area contributed by atoms with Crippen molar-refractivity contribution in [2.45, 2.75) is 6.61 Å². The Hall–Kier alpha value is -1.17. The van der Waals surface area contributed by atoms with Crippen LogP contribution < -0.4 is 10.2 Å². The molecule has 3 aromatic carbocycles. The Labute approximate surface area is 209 Å². The van der Waals surface area contributed by atoms with E-state index >= 15 is 0 Å². The molecule has 148 valence electrons. The SMILES string of the molecule is O=C(N/N=C\c1cc(I)c(OCc2ccc(Cl)cc2)c(I)c1)c1ccc(Br)cc1. The molecule has 0 fully saturated rings. The molecule has 0 aliphatic carbocycles. The van der Waals surface area contributed by atoms with Crippen LogP contribution in [0.1, 0.15) is 21.5 Å². The minimum absolute atomic E-state index is 0.263. The molecule has 0 saturated heterocycles. The van der Waals surface area contributed by atoms with Crippen molar-refractivity contribution in [2.24, 2.45) is 5.10 Å². The van der Waals surface area contributed by atoms with Crippen LogP contribution in [0, 0.1) is 7.14 Å². The van der Waals surface area contributed by atoms with Crippen molar-refractivity contribution in [3.05, 3.63) is 94.0 Å². The predicted octanol–water partition coefficient (Wildman–Crippen LogP) is 6.65. The van der Waals surface area contributed by atoms with E-state index in [1.165, 1.54) is 0 Å².